The van der Waals surface area contributed by atoms with E-state index in [2.05, 4.69) is 36.4 Å². The summed E-state index contributed by atoms with van der Waals surface area (Å²) in [5.74, 6) is 0.680. The van der Waals surface area contributed by atoms with Gasteiger partial charge in [0, 0.05) is 5.69 Å². The van der Waals surface area contributed by atoms with Gasteiger partial charge in [0.2, 0.25) is 6.10 Å². The lowest BCUT2D eigenvalue weighted by Crippen LogP contribution is -2.42. The summed E-state index contributed by atoms with van der Waals surface area (Å²) in [5.41, 5.74) is 4.92. The first-order valence-electron chi connectivity index (χ1n) is 10.4. The third-order valence-electron chi connectivity index (χ3n) is 5.26. The molecular weight excluding hydrogens is 408 g/mol. The zero-order valence-electron chi connectivity index (χ0n) is 18.5. The highest BCUT2D eigenvalue weighted by Gasteiger charge is 2.28. The summed E-state index contributed by atoms with van der Waals surface area (Å²) in [5, 5.41) is 6.98. The summed E-state index contributed by atoms with van der Waals surface area (Å²) in [7, 11) is 0. The van der Waals surface area contributed by atoms with Crippen molar-refractivity contribution >= 4 is 12.1 Å². The Hall–Kier alpha value is -3.81. The van der Waals surface area contributed by atoms with Gasteiger partial charge in [-0.25, -0.2) is 10.1 Å². The van der Waals surface area contributed by atoms with E-state index in [1.807, 2.05) is 48.5 Å². The number of carbonyl (C=O) groups is 1. The number of hydrogen-bond donors (Lipinski definition) is 2. The second kappa shape index (κ2) is 8.37. The van der Waals surface area contributed by atoms with Crippen molar-refractivity contribution in [1.82, 2.24) is 15.2 Å². The van der Waals surface area contributed by atoms with Crippen LogP contribution in [0.2, 0.25) is 0 Å². The molecule has 2 N–H and O–H groups in total. The van der Waals surface area contributed by atoms with Crippen LogP contribution in [0.25, 0.3) is 5.69 Å². The molecule has 8 nitrogen and oxygen atoms in total. The molecule has 4 rings (SSSR count). The number of hydrazone groups is 1. The predicted octanol–water partition coefficient (Wildman–Crippen LogP) is 3.06. The molecule has 0 saturated carbocycles. The van der Waals surface area contributed by atoms with Crippen LogP contribution in [0.4, 0.5) is 0 Å². The number of para-hydroxylation sites is 1. The molecule has 32 heavy (non-hydrogen) atoms. The fourth-order valence-electron chi connectivity index (χ4n) is 3.37. The maximum Gasteiger partial charge on any atom is 0.284 e. The Balaban J connectivity index is 1.45. The van der Waals surface area contributed by atoms with Crippen LogP contribution in [0.3, 0.4) is 0 Å². The molecule has 2 aromatic carbocycles. The Bertz CT molecular complexity index is 1220. The molecular formula is C24H26N4O4. The van der Waals surface area contributed by atoms with Crippen LogP contribution in [0.15, 0.2) is 58.4 Å². The van der Waals surface area contributed by atoms with E-state index in [0.717, 1.165) is 5.56 Å². The Morgan fingerprint density at radius 2 is 1.94 bits per heavy atom. The predicted molar refractivity (Wildman–Crippen MR) is 122 cm³/mol. The highest BCUT2D eigenvalue weighted by Crippen LogP contribution is 2.36. The monoisotopic (exact) mass is 434 g/mol. The van der Waals surface area contributed by atoms with Gasteiger partial charge in [0.25, 0.3) is 11.5 Å². The van der Waals surface area contributed by atoms with Gasteiger partial charge in [-0.3, -0.25) is 14.7 Å². The molecule has 1 aliphatic heterocycles. The van der Waals surface area contributed by atoms with E-state index in [0.29, 0.717) is 28.4 Å². The first-order valence-corrected chi connectivity index (χ1v) is 10.4. The number of carbonyl (C=O) groups excluding carboxylic acids is 1. The normalized spacial score (nSPS) is 15.7. The first-order chi connectivity index (χ1) is 15.2. The minimum absolute atomic E-state index is 0.0566. The Morgan fingerprint density at radius 3 is 2.66 bits per heavy atom. The number of benzene rings is 2. The van der Waals surface area contributed by atoms with E-state index in [9.17, 15) is 9.59 Å². The SMILES string of the molecule is Cc1[nH]n(-c2ccccc2)c(=O)c1/C=N/NC(=O)[C@@H]1COc2ccc(C(C)(C)C)cc2O1. The third kappa shape index (κ3) is 4.30. The second-order valence-electron chi connectivity index (χ2n) is 8.69. The lowest BCUT2D eigenvalue weighted by molar-refractivity contribution is -0.130. The number of aromatic nitrogens is 2. The molecule has 1 aromatic heterocycles. The van der Waals surface area contributed by atoms with E-state index in [1.165, 1.54) is 10.9 Å². The van der Waals surface area contributed by atoms with Crippen molar-refractivity contribution in [3.8, 4) is 17.2 Å². The van der Waals surface area contributed by atoms with Crippen LogP contribution in [-0.4, -0.2) is 34.6 Å². The lowest BCUT2D eigenvalue weighted by Gasteiger charge is -2.27. The van der Waals surface area contributed by atoms with Gasteiger partial charge in [0.1, 0.15) is 6.61 Å². The van der Waals surface area contributed by atoms with E-state index in [4.69, 9.17) is 9.47 Å². The standard InChI is InChI=1S/C24H26N4O4/c1-15-18(23(30)28(27-15)17-8-6-5-7-9-17)13-25-26-22(29)21-14-31-19-11-10-16(24(2,3)4)12-20(19)32-21/h5-13,21,27H,14H2,1-4H3,(H,26,29)/b25-13+/t21-/m0/s1. The summed E-state index contributed by atoms with van der Waals surface area (Å²) >= 11 is 0. The van der Waals surface area contributed by atoms with E-state index in [-0.39, 0.29) is 17.6 Å². The molecule has 0 fully saturated rings. The molecule has 8 heteroatoms. The van der Waals surface area contributed by atoms with Crippen molar-refractivity contribution in [1.29, 1.82) is 0 Å². The summed E-state index contributed by atoms with van der Waals surface area (Å²) in [4.78, 5) is 25.3. The van der Waals surface area contributed by atoms with Gasteiger partial charge in [0.05, 0.1) is 17.5 Å². The molecule has 3 aromatic rings. The molecule has 0 aliphatic carbocycles. The molecule has 0 radical (unpaired) electrons. The van der Waals surface area contributed by atoms with Crippen LogP contribution in [0.5, 0.6) is 11.5 Å². The molecule has 1 atom stereocenters. The number of aryl methyl sites for hydroxylation is 1. The molecule has 1 aliphatic rings. The molecule has 0 spiro atoms. The number of nitrogens with one attached hydrogen (secondary N) is 2. The number of rotatable bonds is 4. The van der Waals surface area contributed by atoms with Crippen molar-refractivity contribution in [3.63, 3.8) is 0 Å². The summed E-state index contributed by atoms with van der Waals surface area (Å²) in [6.45, 7) is 8.16. The molecule has 1 amide bonds. The highest BCUT2D eigenvalue weighted by molar-refractivity contribution is 5.85. The Labute approximate surface area is 185 Å². The Morgan fingerprint density at radius 1 is 1.19 bits per heavy atom. The van der Waals surface area contributed by atoms with E-state index < -0.39 is 12.0 Å². The Kier molecular flexibility index (Phi) is 5.61. The quantitative estimate of drug-likeness (QED) is 0.487. The minimum Gasteiger partial charge on any atom is -0.485 e. The van der Waals surface area contributed by atoms with E-state index in [1.54, 1.807) is 6.92 Å². The van der Waals surface area contributed by atoms with Gasteiger partial charge >= 0.3 is 0 Å². The smallest absolute Gasteiger partial charge is 0.284 e. The zero-order valence-corrected chi connectivity index (χ0v) is 18.5. The third-order valence-corrected chi connectivity index (χ3v) is 5.26. The van der Waals surface area contributed by atoms with Crippen LogP contribution in [0, 0.1) is 6.92 Å². The van der Waals surface area contributed by atoms with Crippen LogP contribution in [0.1, 0.15) is 37.6 Å². The molecule has 166 valence electrons. The minimum atomic E-state index is -0.844. The van der Waals surface area contributed by atoms with Crippen molar-refractivity contribution < 1.29 is 14.3 Å². The average molecular weight is 434 g/mol. The average Bonchev–Trinajstić information content (AvgIpc) is 3.06. The maximum absolute atomic E-state index is 12.7. The largest absolute Gasteiger partial charge is 0.485 e. The number of aromatic amines is 1. The van der Waals surface area contributed by atoms with Gasteiger partial charge in [0.15, 0.2) is 11.5 Å². The number of amides is 1. The number of ether oxygens (including phenoxy) is 2. The van der Waals surface area contributed by atoms with E-state index >= 15 is 0 Å². The van der Waals surface area contributed by atoms with Crippen molar-refractivity contribution in [2.45, 2.75) is 39.2 Å². The topological polar surface area (TPSA) is 97.7 Å². The molecule has 0 unspecified atom stereocenters. The fourth-order valence-corrected chi connectivity index (χ4v) is 3.37. The number of hydrogen-bond acceptors (Lipinski definition) is 5. The van der Waals surface area contributed by atoms with Crippen LogP contribution < -0.4 is 20.5 Å². The maximum atomic E-state index is 12.7. The van der Waals surface area contributed by atoms with Crippen LogP contribution in [-0.2, 0) is 10.2 Å². The summed E-state index contributed by atoms with van der Waals surface area (Å²) in [6.07, 6.45) is 0.490. The highest BCUT2D eigenvalue weighted by atomic mass is 16.6. The number of nitrogens with zero attached hydrogens (tertiary/aromatic N) is 2. The molecule has 2 heterocycles. The van der Waals surface area contributed by atoms with Crippen molar-refractivity contribution in [2.24, 2.45) is 5.10 Å². The molecule has 0 saturated heterocycles. The van der Waals surface area contributed by atoms with Gasteiger partial charge in [-0.2, -0.15) is 5.10 Å². The van der Waals surface area contributed by atoms with Gasteiger partial charge in [-0.05, 0) is 42.2 Å². The summed E-state index contributed by atoms with van der Waals surface area (Å²) < 4.78 is 13.0. The van der Waals surface area contributed by atoms with Crippen LogP contribution >= 0.6 is 0 Å². The zero-order chi connectivity index (χ0) is 22.9. The summed E-state index contributed by atoms with van der Waals surface area (Å²) in [6, 6.07) is 15.0. The molecule has 0 bridgehead atoms. The lowest BCUT2D eigenvalue weighted by atomic mass is 9.87. The van der Waals surface area contributed by atoms with Crippen molar-refractivity contribution in [2.75, 3.05) is 6.61 Å². The van der Waals surface area contributed by atoms with Gasteiger partial charge in [-0.15, -0.1) is 0 Å². The fraction of sp³-hybridized carbons (Fsp3) is 0.292. The van der Waals surface area contributed by atoms with Gasteiger partial charge in [-0.1, -0.05) is 45.0 Å². The second-order valence-corrected chi connectivity index (χ2v) is 8.69. The van der Waals surface area contributed by atoms with Gasteiger partial charge < -0.3 is 9.47 Å². The van der Waals surface area contributed by atoms with Crippen molar-refractivity contribution in [3.05, 3.63) is 75.7 Å². The first kappa shape index (κ1) is 21.4. The number of fused-ring (bicyclic) bond motifs is 1. The number of H-pyrrole nitrogens is 1.